The van der Waals surface area contributed by atoms with E-state index in [0.29, 0.717) is 29.6 Å². The maximum Gasteiger partial charge on any atom is 0.490 e. The minimum absolute atomic E-state index is 0.0320. The van der Waals surface area contributed by atoms with Crippen molar-refractivity contribution in [1.29, 1.82) is 0 Å². The highest BCUT2D eigenvalue weighted by molar-refractivity contribution is 6.30. The van der Waals surface area contributed by atoms with Gasteiger partial charge in [0.05, 0.1) is 41.7 Å². The molecule has 0 radical (unpaired) electrons. The van der Waals surface area contributed by atoms with Gasteiger partial charge in [-0.05, 0) is 63.2 Å². The van der Waals surface area contributed by atoms with Crippen molar-refractivity contribution in [2.45, 2.75) is 58.1 Å². The fourth-order valence-electron chi connectivity index (χ4n) is 5.61. The Morgan fingerprint density at radius 3 is 2.42 bits per heavy atom. The summed E-state index contributed by atoms with van der Waals surface area (Å²) in [6.07, 6.45) is 3.49. The summed E-state index contributed by atoms with van der Waals surface area (Å²) in [5.74, 6) is -2.72. The smallest absolute Gasteiger partial charge is 0.478 e. The van der Waals surface area contributed by atoms with Crippen LogP contribution in [0.2, 0.25) is 5.02 Å². The standard InChI is InChI=1S/C31H31ClFN7O3.C2HF3O2/c1-2-39-19-34-15-24(39)16-40-27-13-21(31(41)42)4-6-26(27)37-28(40)17-38-11-7-20(8-12-38)29-30(36-10-9-35-29)43-18-22-3-5-23(32)14-25(22)33;3-2(4,5)1(6)7/h3-6,9-10,13-15,19-20H,2,7-8,11-12,16-18H2,1H3,(H,41,42);(H,6,7). The van der Waals surface area contributed by atoms with Crippen LogP contribution in [0.3, 0.4) is 0 Å². The number of rotatable bonds is 10. The molecule has 17 heteroatoms. The summed E-state index contributed by atoms with van der Waals surface area (Å²) in [7, 11) is 0. The van der Waals surface area contributed by atoms with Gasteiger partial charge in [0, 0.05) is 41.6 Å². The summed E-state index contributed by atoms with van der Waals surface area (Å²) in [5, 5.41) is 17.1. The molecule has 0 saturated carbocycles. The topological polar surface area (TPSA) is 148 Å². The Balaban J connectivity index is 0.000000630. The quantitative estimate of drug-likeness (QED) is 0.161. The lowest BCUT2D eigenvalue weighted by atomic mass is 9.93. The molecule has 0 bridgehead atoms. The predicted octanol–water partition coefficient (Wildman–Crippen LogP) is 6.17. The number of hydrogen-bond acceptors (Lipinski definition) is 8. The van der Waals surface area contributed by atoms with Crippen LogP contribution in [0.1, 0.15) is 58.8 Å². The van der Waals surface area contributed by atoms with Gasteiger partial charge in [0.1, 0.15) is 23.9 Å². The molecule has 1 fully saturated rings. The number of carbonyl (C=O) groups is 2. The Hall–Kier alpha value is -5.09. The SMILES string of the molecule is CCn1cncc1Cn1c(CN2CCC(c3nccnc3OCc3ccc(Cl)cc3F)CC2)nc2ccc(C(=O)O)cc21.O=C(O)C(F)(F)F. The Morgan fingerprint density at radius 1 is 1.04 bits per heavy atom. The Labute approximate surface area is 287 Å². The molecular formula is C33H32ClF4N7O5. The highest BCUT2D eigenvalue weighted by Crippen LogP contribution is 2.33. The van der Waals surface area contributed by atoms with E-state index in [1.165, 1.54) is 6.07 Å². The largest absolute Gasteiger partial charge is 0.490 e. The lowest BCUT2D eigenvalue weighted by molar-refractivity contribution is -0.192. The lowest BCUT2D eigenvalue weighted by Gasteiger charge is -2.31. The van der Waals surface area contributed by atoms with Crippen molar-refractivity contribution in [2.24, 2.45) is 0 Å². The van der Waals surface area contributed by atoms with E-state index in [1.807, 2.05) is 6.20 Å². The number of benzene rings is 2. The molecule has 0 aliphatic carbocycles. The molecule has 1 aliphatic rings. The van der Waals surface area contributed by atoms with Crippen LogP contribution in [0.5, 0.6) is 5.88 Å². The number of aliphatic carboxylic acids is 1. The monoisotopic (exact) mass is 717 g/mol. The lowest BCUT2D eigenvalue weighted by Crippen LogP contribution is -2.34. The van der Waals surface area contributed by atoms with Crippen LogP contribution in [0.25, 0.3) is 11.0 Å². The van der Waals surface area contributed by atoms with Gasteiger partial charge in [-0.15, -0.1) is 0 Å². The number of hydrogen-bond donors (Lipinski definition) is 2. The predicted molar refractivity (Wildman–Crippen MR) is 172 cm³/mol. The molecule has 0 unspecified atom stereocenters. The molecule has 2 N–H and O–H groups in total. The van der Waals surface area contributed by atoms with E-state index in [1.54, 1.807) is 49.1 Å². The number of aromatic carboxylic acids is 1. The molecule has 6 rings (SSSR count). The number of imidazole rings is 2. The first-order valence-corrected chi connectivity index (χ1v) is 15.8. The Morgan fingerprint density at radius 2 is 1.76 bits per heavy atom. The van der Waals surface area contributed by atoms with Gasteiger partial charge in [-0.25, -0.2) is 28.9 Å². The zero-order chi connectivity index (χ0) is 36.0. The number of piperidine rings is 1. The van der Waals surface area contributed by atoms with Crippen LogP contribution in [0.4, 0.5) is 17.6 Å². The zero-order valence-corrected chi connectivity index (χ0v) is 27.4. The van der Waals surface area contributed by atoms with E-state index < -0.39 is 23.9 Å². The molecule has 4 heterocycles. The van der Waals surface area contributed by atoms with Crippen molar-refractivity contribution in [1.82, 2.24) is 34.0 Å². The molecule has 50 heavy (non-hydrogen) atoms. The van der Waals surface area contributed by atoms with Crippen molar-refractivity contribution in [3.8, 4) is 5.88 Å². The van der Waals surface area contributed by atoms with Gasteiger partial charge in [-0.3, -0.25) is 9.88 Å². The number of fused-ring (bicyclic) bond motifs is 1. The molecule has 0 amide bonds. The number of aromatic nitrogens is 6. The normalized spacial score (nSPS) is 14.0. The third kappa shape index (κ3) is 8.73. The number of carboxylic acids is 2. The molecule has 0 atom stereocenters. The number of nitrogens with zero attached hydrogens (tertiary/aromatic N) is 7. The van der Waals surface area contributed by atoms with E-state index in [0.717, 1.165) is 60.7 Å². The summed E-state index contributed by atoms with van der Waals surface area (Å²) in [5.41, 5.74) is 3.97. The van der Waals surface area contributed by atoms with Crippen molar-refractivity contribution < 1.29 is 42.1 Å². The average molecular weight is 718 g/mol. The van der Waals surface area contributed by atoms with Crippen LogP contribution in [-0.2, 0) is 31.0 Å². The van der Waals surface area contributed by atoms with E-state index >= 15 is 0 Å². The number of halogens is 5. The summed E-state index contributed by atoms with van der Waals surface area (Å²) in [4.78, 5) is 41.2. The molecular weight excluding hydrogens is 686 g/mol. The fourth-order valence-corrected chi connectivity index (χ4v) is 5.76. The third-order valence-electron chi connectivity index (χ3n) is 8.19. The first-order valence-electron chi connectivity index (χ1n) is 15.5. The van der Waals surface area contributed by atoms with Gasteiger partial charge < -0.3 is 24.1 Å². The highest BCUT2D eigenvalue weighted by Gasteiger charge is 2.38. The number of alkyl halides is 3. The molecule has 1 saturated heterocycles. The number of carboxylic acid groups (broad SMARTS) is 2. The van der Waals surface area contributed by atoms with E-state index in [4.69, 9.17) is 31.2 Å². The fraction of sp³-hybridized carbons (Fsp3) is 0.333. The second kappa shape index (κ2) is 15.6. The average Bonchev–Trinajstić information content (AvgIpc) is 3.68. The second-order valence-corrected chi connectivity index (χ2v) is 11.9. The van der Waals surface area contributed by atoms with Crippen LogP contribution in [0, 0.1) is 5.82 Å². The molecule has 264 valence electrons. The number of aryl methyl sites for hydroxylation is 1. The highest BCUT2D eigenvalue weighted by atomic mass is 35.5. The maximum absolute atomic E-state index is 14.3. The molecule has 3 aromatic heterocycles. The zero-order valence-electron chi connectivity index (χ0n) is 26.6. The van der Waals surface area contributed by atoms with Gasteiger partial charge in [-0.2, -0.15) is 13.2 Å². The molecule has 0 spiro atoms. The molecule has 2 aromatic carbocycles. The minimum atomic E-state index is -5.08. The summed E-state index contributed by atoms with van der Waals surface area (Å²) >= 11 is 5.88. The van der Waals surface area contributed by atoms with Crippen LogP contribution in [-0.4, -0.2) is 75.4 Å². The number of ether oxygens (including phenoxy) is 1. The Kier molecular flexibility index (Phi) is 11.3. The summed E-state index contributed by atoms with van der Waals surface area (Å²) in [6, 6.07) is 9.57. The molecule has 5 aromatic rings. The second-order valence-electron chi connectivity index (χ2n) is 11.4. The third-order valence-corrected chi connectivity index (χ3v) is 8.42. The van der Waals surface area contributed by atoms with Crippen molar-refractivity contribution >= 4 is 34.6 Å². The first-order chi connectivity index (χ1) is 23.8. The van der Waals surface area contributed by atoms with E-state index in [-0.39, 0.29) is 18.1 Å². The first kappa shape index (κ1) is 36.2. The maximum atomic E-state index is 14.3. The van der Waals surface area contributed by atoms with E-state index in [9.17, 15) is 27.5 Å². The Bertz CT molecular complexity index is 1980. The molecule has 12 nitrogen and oxygen atoms in total. The van der Waals surface area contributed by atoms with Crippen LogP contribution in [0.15, 0.2) is 61.3 Å². The van der Waals surface area contributed by atoms with Crippen molar-refractivity contribution in [2.75, 3.05) is 13.1 Å². The van der Waals surface area contributed by atoms with Gasteiger partial charge >= 0.3 is 18.1 Å². The van der Waals surface area contributed by atoms with Crippen molar-refractivity contribution in [3.63, 3.8) is 0 Å². The number of likely N-dealkylation sites (tertiary alicyclic amines) is 1. The molecule has 1 aliphatic heterocycles. The summed E-state index contributed by atoms with van der Waals surface area (Å²) < 4.78 is 56.1. The van der Waals surface area contributed by atoms with Gasteiger partial charge in [-0.1, -0.05) is 17.7 Å². The van der Waals surface area contributed by atoms with Gasteiger partial charge in [0.2, 0.25) is 5.88 Å². The minimum Gasteiger partial charge on any atom is -0.478 e. The van der Waals surface area contributed by atoms with Crippen molar-refractivity contribution in [3.05, 3.63) is 100 Å². The van der Waals surface area contributed by atoms with Gasteiger partial charge in [0.15, 0.2) is 0 Å². The van der Waals surface area contributed by atoms with E-state index in [2.05, 4.69) is 35.9 Å². The van der Waals surface area contributed by atoms with Crippen LogP contribution < -0.4 is 4.74 Å². The summed E-state index contributed by atoms with van der Waals surface area (Å²) in [6.45, 7) is 5.65. The van der Waals surface area contributed by atoms with Crippen LogP contribution >= 0.6 is 11.6 Å². The van der Waals surface area contributed by atoms with Gasteiger partial charge in [0.25, 0.3) is 0 Å².